The maximum atomic E-state index is 12.0. The number of carbonyl (C=O) groups is 1. The number of nitrogens with one attached hydrogen (secondary N) is 3. The van der Waals surface area contributed by atoms with E-state index in [1.54, 1.807) is 25.6 Å². The van der Waals surface area contributed by atoms with Crippen LogP contribution in [0.3, 0.4) is 0 Å². The fourth-order valence-electron chi connectivity index (χ4n) is 1.86. The van der Waals surface area contributed by atoms with Gasteiger partial charge in [0.05, 0.1) is 12.8 Å². The number of rotatable bonds is 4. The van der Waals surface area contributed by atoms with E-state index in [9.17, 15) is 4.79 Å². The van der Waals surface area contributed by atoms with Gasteiger partial charge in [-0.05, 0) is 30.3 Å². The molecule has 3 aromatic rings. The van der Waals surface area contributed by atoms with Crippen LogP contribution >= 0.6 is 0 Å². The molecule has 106 valence electrons. The van der Waals surface area contributed by atoms with Crippen LogP contribution in [0.4, 0.5) is 5.95 Å². The van der Waals surface area contributed by atoms with Crippen LogP contribution < -0.4 is 10.1 Å². The van der Waals surface area contributed by atoms with Gasteiger partial charge in [0.25, 0.3) is 5.91 Å². The maximum Gasteiger partial charge on any atom is 0.275 e. The zero-order valence-corrected chi connectivity index (χ0v) is 11.3. The summed E-state index contributed by atoms with van der Waals surface area (Å²) in [4.78, 5) is 18.7. The number of benzene rings is 1. The van der Waals surface area contributed by atoms with Crippen molar-refractivity contribution >= 4 is 11.9 Å². The Morgan fingerprint density at radius 1 is 1.29 bits per heavy atom. The summed E-state index contributed by atoms with van der Waals surface area (Å²) in [5, 5.41) is 9.47. The lowest BCUT2D eigenvalue weighted by Gasteiger charge is -2.00. The largest absolute Gasteiger partial charge is 0.497 e. The molecule has 7 nitrogen and oxygen atoms in total. The number of amides is 1. The molecule has 7 heteroatoms. The first-order valence-electron chi connectivity index (χ1n) is 6.27. The van der Waals surface area contributed by atoms with E-state index in [1.165, 1.54) is 0 Å². The molecule has 1 amide bonds. The van der Waals surface area contributed by atoms with Crippen LogP contribution in [-0.4, -0.2) is 33.2 Å². The monoisotopic (exact) mass is 283 g/mol. The van der Waals surface area contributed by atoms with Gasteiger partial charge in [0, 0.05) is 18.0 Å². The van der Waals surface area contributed by atoms with Crippen LogP contribution in [0.1, 0.15) is 10.5 Å². The number of imidazole rings is 1. The lowest BCUT2D eigenvalue weighted by Crippen LogP contribution is -2.13. The van der Waals surface area contributed by atoms with E-state index in [-0.39, 0.29) is 5.91 Å². The molecule has 0 spiro atoms. The van der Waals surface area contributed by atoms with E-state index in [2.05, 4.69) is 25.5 Å². The van der Waals surface area contributed by atoms with E-state index < -0.39 is 0 Å². The van der Waals surface area contributed by atoms with Crippen LogP contribution in [0.5, 0.6) is 5.75 Å². The molecule has 0 aliphatic rings. The van der Waals surface area contributed by atoms with E-state index in [0.717, 1.165) is 11.3 Å². The van der Waals surface area contributed by atoms with Crippen LogP contribution in [0.2, 0.25) is 0 Å². The lowest BCUT2D eigenvalue weighted by molar-refractivity contribution is 0.102. The zero-order chi connectivity index (χ0) is 14.7. The van der Waals surface area contributed by atoms with Crippen molar-refractivity contribution < 1.29 is 9.53 Å². The highest BCUT2D eigenvalue weighted by Gasteiger charge is 2.12. The van der Waals surface area contributed by atoms with Gasteiger partial charge < -0.3 is 9.72 Å². The third-order valence-corrected chi connectivity index (χ3v) is 2.94. The van der Waals surface area contributed by atoms with Crippen molar-refractivity contribution in [3.8, 4) is 17.0 Å². The molecule has 0 aliphatic carbocycles. The number of hydrogen-bond acceptors (Lipinski definition) is 4. The van der Waals surface area contributed by atoms with E-state index in [1.807, 2.05) is 24.3 Å². The van der Waals surface area contributed by atoms with Gasteiger partial charge in [-0.25, -0.2) is 4.98 Å². The zero-order valence-electron chi connectivity index (χ0n) is 11.3. The number of anilines is 1. The van der Waals surface area contributed by atoms with Gasteiger partial charge in [0.2, 0.25) is 5.95 Å². The first-order valence-corrected chi connectivity index (χ1v) is 6.27. The first kappa shape index (κ1) is 12.9. The second-order valence-corrected chi connectivity index (χ2v) is 4.29. The van der Waals surface area contributed by atoms with Crippen LogP contribution in [-0.2, 0) is 0 Å². The first-order chi connectivity index (χ1) is 10.3. The number of H-pyrrole nitrogens is 2. The molecule has 3 N–H and O–H groups in total. The van der Waals surface area contributed by atoms with Gasteiger partial charge in [-0.3, -0.25) is 15.2 Å². The van der Waals surface area contributed by atoms with Crippen LogP contribution in [0.25, 0.3) is 11.3 Å². The number of hydrogen-bond donors (Lipinski definition) is 3. The number of ether oxygens (including phenoxy) is 1. The maximum absolute atomic E-state index is 12.0. The van der Waals surface area contributed by atoms with Gasteiger partial charge in [0.1, 0.15) is 11.4 Å². The summed E-state index contributed by atoms with van der Waals surface area (Å²) in [6.07, 6.45) is 3.19. The summed E-state index contributed by atoms with van der Waals surface area (Å²) in [6.45, 7) is 0. The Hall–Kier alpha value is -3.09. The quantitative estimate of drug-likeness (QED) is 0.683. The van der Waals surface area contributed by atoms with E-state index in [4.69, 9.17) is 4.74 Å². The Bertz CT molecular complexity index is 731. The predicted molar refractivity (Wildman–Crippen MR) is 77.1 cm³/mol. The highest BCUT2D eigenvalue weighted by Crippen LogP contribution is 2.21. The van der Waals surface area contributed by atoms with Crippen molar-refractivity contribution in [2.24, 2.45) is 0 Å². The lowest BCUT2D eigenvalue weighted by atomic mass is 10.1. The Labute approximate surface area is 120 Å². The van der Waals surface area contributed by atoms with Gasteiger partial charge in [0.15, 0.2) is 0 Å². The van der Waals surface area contributed by atoms with E-state index >= 15 is 0 Å². The summed E-state index contributed by atoms with van der Waals surface area (Å²) in [7, 11) is 1.61. The minimum atomic E-state index is -0.308. The number of aromatic nitrogens is 4. The number of nitrogens with zero attached hydrogens (tertiary/aromatic N) is 2. The summed E-state index contributed by atoms with van der Waals surface area (Å²) in [5.74, 6) is 0.850. The van der Waals surface area contributed by atoms with Gasteiger partial charge in [-0.2, -0.15) is 5.10 Å². The van der Waals surface area contributed by atoms with Crippen molar-refractivity contribution in [3.05, 3.63) is 48.4 Å². The third-order valence-electron chi connectivity index (χ3n) is 2.94. The molecule has 2 aromatic heterocycles. The smallest absolute Gasteiger partial charge is 0.275 e. The molecule has 0 fully saturated rings. The predicted octanol–water partition coefficient (Wildman–Crippen LogP) is 2.06. The Kier molecular flexibility index (Phi) is 3.38. The molecule has 0 aliphatic heterocycles. The summed E-state index contributed by atoms with van der Waals surface area (Å²) < 4.78 is 5.10. The minimum Gasteiger partial charge on any atom is -0.497 e. The molecule has 0 bridgehead atoms. The normalized spacial score (nSPS) is 10.3. The second kappa shape index (κ2) is 5.49. The van der Waals surface area contributed by atoms with Crippen LogP contribution in [0.15, 0.2) is 42.7 Å². The number of carbonyl (C=O) groups excluding carboxylic acids is 1. The summed E-state index contributed by atoms with van der Waals surface area (Å²) in [5.41, 5.74) is 1.93. The Morgan fingerprint density at radius 3 is 2.76 bits per heavy atom. The average Bonchev–Trinajstić information content (AvgIpc) is 3.18. The van der Waals surface area contributed by atoms with Crippen molar-refractivity contribution in [2.45, 2.75) is 0 Å². The van der Waals surface area contributed by atoms with Crippen molar-refractivity contribution in [1.82, 2.24) is 20.2 Å². The van der Waals surface area contributed by atoms with Crippen molar-refractivity contribution in [2.75, 3.05) is 12.4 Å². The average molecular weight is 283 g/mol. The van der Waals surface area contributed by atoms with Crippen LogP contribution in [0, 0.1) is 0 Å². The second-order valence-electron chi connectivity index (χ2n) is 4.29. The molecular weight excluding hydrogens is 270 g/mol. The molecule has 2 heterocycles. The topological polar surface area (TPSA) is 95.7 Å². The van der Waals surface area contributed by atoms with Gasteiger partial charge in [-0.15, -0.1) is 0 Å². The molecule has 0 radical (unpaired) electrons. The van der Waals surface area contributed by atoms with Gasteiger partial charge >= 0.3 is 0 Å². The molecule has 0 unspecified atom stereocenters. The molecule has 0 saturated carbocycles. The SMILES string of the molecule is COc1ccc(-c2cc(C(=O)Nc3ncc[nH]3)[nH]n2)cc1. The Morgan fingerprint density at radius 2 is 2.10 bits per heavy atom. The highest BCUT2D eigenvalue weighted by atomic mass is 16.5. The summed E-state index contributed by atoms with van der Waals surface area (Å²) in [6, 6.07) is 9.12. The number of methoxy groups -OCH3 is 1. The van der Waals surface area contributed by atoms with E-state index in [0.29, 0.717) is 17.3 Å². The summed E-state index contributed by atoms with van der Waals surface area (Å²) >= 11 is 0. The fourth-order valence-corrected chi connectivity index (χ4v) is 1.86. The molecule has 21 heavy (non-hydrogen) atoms. The third kappa shape index (κ3) is 2.76. The molecule has 3 rings (SSSR count). The van der Waals surface area contributed by atoms with Gasteiger partial charge in [-0.1, -0.05) is 0 Å². The molecule has 0 saturated heterocycles. The standard InChI is InChI=1S/C14H13N5O2/c1-21-10-4-2-9(3-5-10)11-8-12(19-18-11)13(20)17-14-15-6-7-16-14/h2-8H,1H3,(H,18,19)(H2,15,16,17,20). The molecule has 0 atom stereocenters. The molecular formula is C14H13N5O2. The van der Waals surface area contributed by atoms with Crippen molar-refractivity contribution in [1.29, 1.82) is 0 Å². The number of aromatic amines is 2. The molecule has 1 aromatic carbocycles. The fraction of sp³-hybridized carbons (Fsp3) is 0.0714. The Balaban J connectivity index is 1.77. The minimum absolute atomic E-state index is 0.308. The van der Waals surface area contributed by atoms with Crippen molar-refractivity contribution in [3.63, 3.8) is 0 Å². The highest BCUT2D eigenvalue weighted by molar-refractivity contribution is 6.02.